The van der Waals surface area contributed by atoms with Crippen LogP contribution in [-0.2, 0) is 0 Å². The van der Waals surface area contributed by atoms with Gasteiger partial charge in [0.25, 0.3) is 0 Å². The lowest BCUT2D eigenvalue weighted by Gasteiger charge is -2.32. The number of nitrogens with zero attached hydrogens (tertiary/aromatic N) is 5. The van der Waals surface area contributed by atoms with E-state index < -0.39 is 0 Å². The van der Waals surface area contributed by atoms with Crippen molar-refractivity contribution in [2.45, 2.75) is 24.9 Å². The maximum Gasteiger partial charge on any atom is 0.122 e. The first-order valence-corrected chi connectivity index (χ1v) is 20.6. The lowest BCUT2D eigenvalue weighted by atomic mass is 9.75. The van der Waals surface area contributed by atoms with Crippen LogP contribution in [0.1, 0.15) is 29.8 Å². The molecule has 2 aliphatic carbocycles. The van der Waals surface area contributed by atoms with Gasteiger partial charge in [-0.25, -0.2) is 9.97 Å². The number of benzene rings is 3. The lowest BCUT2D eigenvalue weighted by Crippen LogP contribution is -2.30. The number of fused-ring (bicyclic) bond motifs is 5. The minimum absolute atomic E-state index is 0.0332. The molecule has 9 rings (SSSR count). The highest BCUT2D eigenvalue weighted by Gasteiger charge is 2.31. The van der Waals surface area contributed by atoms with E-state index in [-0.39, 0.29) is 34.0 Å². The molecular formula is C47H38N8S2. The fourth-order valence-corrected chi connectivity index (χ4v) is 9.29. The summed E-state index contributed by atoms with van der Waals surface area (Å²) >= 11 is 2.38. The Morgan fingerprint density at radius 2 is 1.46 bits per heavy atom. The van der Waals surface area contributed by atoms with Gasteiger partial charge in [0.1, 0.15) is 21.2 Å². The molecule has 4 heterocycles. The van der Waals surface area contributed by atoms with Crippen LogP contribution in [0.25, 0.3) is 32.6 Å². The van der Waals surface area contributed by atoms with Crippen molar-refractivity contribution >= 4 is 87.7 Å². The number of aromatic nitrogens is 2. The zero-order chi connectivity index (χ0) is 38.9. The van der Waals surface area contributed by atoms with Crippen LogP contribution in [0, 0.1) is 28.1 Å². The Morgan fingerprint density at radius 1 is 0.684 bits per heavy atom. The highest BCUT2D eigenvalue weighted by Crippen LogP contribution is 2.36. The van der Waals surface area contributed by atoms with Crippen LogP contribution in [0.15, 0.2) is 166 Å². The molecule has 4 aliphatic rings. The van der Waals surface area contributed by atoms with E-state index in [9.17, 15) is 0 Å². The van der Waals surface area contributed by atoms with E-state index in [2.05, 4.69) is 96.1 Å². The topological polar surface area (TPSA) is 134 Å². The van der Waals surface area contributed by atoms with Crippen molar-refractivity contribution in [1.29, 1.82) is 16.2 Å². The van der Waals surface area contributed by atoms with Gasteiger partial charge in [-0.1, -0.05) is 109 Å². The van der Waals surface area contributed by atoms with E-state index >= 15 is 0 Å². The molecule has 0 saturated heterocycles. The largest absolute Gasteiger partial charge is 0.296 e. The molecule has 278 valence electrons. The fraction of sp³-hybridized carbons (Fsp3) is 0.149. The van der Waals surface area contributed by atoms with Crippen LogP contribution in [0.5, 0.6) is 0 Å². The van der Waals surface area contributed by atoms with Crippen molar-refractivity contribution in [3.05, 3.63) is 168 Å². The maximum atomic E-state index is 9.04. The van der Waals surface area contributed by atoms with Gasteiger partial charge in [-0.15, -0.1) is 0 Å². The summed E-state index contributed by atoms with van der Waals surface area (Å²) in [5.41, 5.74) is 6.57. The first kappa shape index (κ1) is 36.5. The number of nitrogens with one attached hydrogen (secondary N) is 3. The molecule has 4 unspecified atom stereocenters. The van der Waals surface area contributed by atoms with Crippen LogP contribution in [0.3, 0.4) is 0 Å². The van der Waals surface area contributed by atoms with E-state index in [1.165, 1.54) is 17.3 Å². The first-order chi connectivity index (χ1) is 27.9. The van der Waals surface area contributed by atoms with Crippen molar-refractivity contribution in [2.24, 2.45) is 26.8 Å². The highest BCUT2D eigenvalue weighted by molar-refractivity contribution is 8.28. The van der Waals surface area contributed by atoms with Crippen molar-refractivity contribution in [1.82, 2.24) is 9.97 Å². The molecule has 0 saturated carbocycles. The van der Waals surface area contributed by atoms with Gasteiger partial charge < -0.3 is 0 Å². The third-order valence-corrected chi connectivity index (χ3v) is 12.6. The quantitative estimate of drug-likeness (QED) is 0.0898. The van der Waals surface area contributed by atoms with Crippen molar-refractivity contribution in [3.63, 3.8) is 0 Å². The number of aliphatic imine (C=N–C) groups is 3. The molecule has 5 aromatic rings. The second-order valence-electron chi connectivity index (χ2n) is 14.2. The van der Waals surface area contributed by atoms with Crippen LogP contribution in [0.2, 0.25) is 0 Å². The van der Waals surface area contributed by atoms with Crippen LogP contribution in [-0.4, -0.2) is 60.7 Å². The van der Waals surface area contributed by atoms with E-state index in [1.807, 2.05) is 54.6 Å². The van der Waals surface area contributed by atoms with E-state index in [0.29, 0.717) is 33.6 Å². The Kier molecular flexibility index (Phi) is 10.1. The molecule has 3 N–H and O–H groups in total. The number of allylic oxidation sites excluding steroid dienone is 9. The summed E-state index contributed by atoms with van der Waals surface area (Å²) in [6.45, 7) is 0. The van der Waals surface area contributed by atoms with E-state index in [0.717, 1.165) is 62.0 Å². The summed E-state index contributed by atoms with van der Waals surface area (Å²) in [6, 6.07) is 25.9. The van der Waals surface area contributed by atoms with E-state index in [4.69, 9.17) is 36.2 Å². The Bertz CT molecular complexity index is 2800. The maximum absolute atomic E-state index is 9.04. The normalized spacial score (nSPS) is 21.4. The summed E-state index contributed by atoms with van der Waals surface area (Å²) in [5.74, 6) is 0.510. The van der Waals surface area contributed by atoms with Gasteiger partial charge in [0, 0.05) is 35.2 Å². The molecular weight excluding hydrogens is 741 g/mol. The van der Waals surface area contributed by atoms with Gasteiger partial charge in [-0.3, -0.25) is 31.2 Å². The zero-order valence-electron chi connectivity index (χ0n) is 31.1. The molecule has 4 atom stereocenters. The van der Waals surface area contributed by atoms with Gasteiger partial charge in [0.05, 0.1) is 44.9 Å². The monoisotopic (exact) mass is 778 g/mol. The standard InChI is InChI=1S/C47H38N8S2/c1-51-47(57-46(50)41-21-9-19-37(53-41)33-17-7-13-29-11-3-5-15-31(29)33)43-25-23-35-34-22-24-42(54-38(34)26-27-39(35)55-43)45(49)56-44(48)40-20-8-18-36(52-40)32-16-6-12-28-10-2-4-14-30(28)32/h2-17,19-20,22-27,30,32,36,41,48-50H,18,21H2,1H3. The Balaban J connectivity index is 0.885. The van der Waals surface area contributed by atoms with Crippen molar-refractivity contribution in [3.8, 4) is 0 Å². The van der Waals surface area contributed by atoms with Crippen molar-refractivity contribution < 1.29 is 0 Å². The highest BCUT2D eigenvalue weighted by atomic mass is 32.2. The lowest BCUT2D eigenvalue weighted by molar-refractivity contribution is 0.433. The molecule has 8 nitrogen and oxygen atoms in total. The number of dihydropyridines is 2. The second-order valence-corrected chi connectivity index (χ2v) is 16.2. The third-order valence-electron chi connectivity index (χ3n) is 10.7. The molecule has 57 heavy (non-hydrogen) atoms. The fourth-order valence-electron chi connectivity index (χ4n) is 7.84. The second kappa shape index (κ2) is 15.8. The molecule has 2 aliphatic heterocycles. The van der Waals surface area contributed by atoms with Crippen LogP contribution in [0.4, 0.5) is 0 Å². The Morgan fingerprint density at radius 3 is 2.30 bits per heavy atom. The molecule has 2 aromatic heterocycles. The first-order valence-electron chi connectivity index (χ1n) is 18.9. The predicted octanol–water partition coefficient (Wildman–Crippen LogP) is 10.5. The summed E-state index contributed by atoms with van der Waals surface area (Å²) in [4.78, 5) is 24.4. The number of hydrogen-bond acceptors (Lipinski definition) is 10. The third kappa shape index (κ3) is 7.34. The summed E-state index contributed by atoms with van der Waals surface area (Å²) in [6.07, 6.45) is 24.7. The van der Waals surface area contributed by atoms with Crippen LogP contribution < -0.4 is 0 Å². The Hall–Kier alpha value is -6.10. The van der Waals surface area contributed by atoms with Crippen LogP contribution >= 0.6 is 23.5 Å². The molecule has 0 spiro atoms. The smallest absolute Gasteiger partial charge is 0.122 e. The predicted molar refractivity (Wildman–Crippen MR) is 242 cm³/mol. The molecule has 3 aromatic carbocycles. The summed E-state index contributed by atoms with van der Waals surface area (Å²) in [7, 11) is 1.73. The summed E-state index contributed by atoms with van der Waals surface area (Å²) in [5, 5.41) is 32.5. The molecule has 0 radical (unpaired) electrons. The van der Waals surface area contributed by atoms with Gasteiger partial charge >= 0.3 is 0 Å². The Labute approximate surface area is 339 Å². The van der Waals surface area contributed by atoms with Gasteiger partial charge in [-0.05, 0) is 89.5 Å². The zero-order valence-corrected chi connectivity index (χ0v) is 32.8. The average molecular weight is 779 g/mol. The number of thioether (sulfide) groups is 2. The number of hydrogen-bond donors (Lipinski definition) is 3. The molecule has 0 amide bonds. The van der Waals surface area contributed by atoms with Gasteiger partial charge in [0.15, 0.2) is 0 Å². The van der Waals surface area contributed by atoms with Crippen molar-refractivity contribution in [2.75, 3.05) is 7.05 Å². The van der Waals surface area contributed by atoms with E-state index in [1.54, 1.807) is 7.05 Å². The average Bonchev–Trinajstić information content (AvgIpc) is 3.27. The number of rotatable bonds is 6. The number of pyridine rings is 2. The SMILES string of the molecule is CN=C(SC(=N)C1CC=CC(c2cccc3ccccc23)=N1)c1ccc2c(ccc3nc(C(=N)SC(=N)C4=NC(C5C=CC=C6C=CC=CC65)CC=C4)ccc32)n1. The van der Waals surface area contributed by atoms with Gasteiger partial charge in [0.2, 0.25) is 0 Å². The van der Waals surface area contributed by atoms with Gasteiger partial charge in [-0.2, -0.15) is 0 Å². The molecule has 0 fully saturated rings. The minimum atomic E-state index is -0.308. The summed E-state index contributed by atoms with van der Waals surface area (Å²) < 4.78 is 0. The molecule has 10 heteroatoms. The molecule has 0 bridgehead atoms. The minimum Gasteiger partial charge on any atom is -0.296 e.